The number of amides is 1. The second kappa shape index (κ2) is 7.67. The van der Waals surface area contributed by atoms with Gasteiger partial charge in [0.05, 0.1) is 23.4 Å². The van der Waals surface area contributed by atoms with E-state index in [-0.39, 0.29) is 22.9 Å². The summed E-state index contributed by atoms with van der Waals surface area (Å²) in [4.78, 5) is 12.3. The Hall–Kier alpha value is -3.06. The van der Waals surface area contributed by atoms with E-state index in [1.165, 1.54) is 18.4 Å². The number of carbonyl (C=O) groups is 1. The second-order valence-corrected chi connectivity index (χ2v) is 7.90. The number of nitrogens with one attached hydrogen (secondary N) is 2. The molecule has 0 unspecified atom stereocenters. The van der Waals surface area contributed by atoms with Crippen molar-refractivity contribution in [1.29, 1.82) is 0 Å². The van der Waals surface area contributed by atoms with Crippen molar-refractivity contribution in [3.63, 3.8) is 0 Å². The van der Waals surface area contributed by atoms with Crippen molar-refractivity contribution >= 4 is 21.6 Å². The highest BCUT2D eigenvalue weighted by atomic mass is 32.2. The Morgan fingerprint density at radius 1 is 1.04 bits per heavy atom. The van der Waals surface area contributed by atoms with E-state index in [2.05, 4.69) is 10.0 Å². The fraction of sp³-hybridized carbons (Fsp3) is 0.150. The first-order valence-corrected chi connectivity index (χ1v) is 9.84. The predicted molar refractivity (Wildman–Crippen MR) is 103 cm³/mol. The number of anilines is 1. The minimum Gasteiger partial charge on any atom is -0.467 e. The van der Waals surface area contributed by atoms with Gasteiger partial charge in [0.25, 0.3) is 15.9 Å². The van der Waals surface area contributed by atoms with Gasteiger partial charge in [0, 0.05) is 5.56 Å². The summed E-state index contributed by atoms with van der Waals surface area (Å²) in [7, 11) is -3.81. The summed E-state index contributed by atoms with van der Waals surface area (Å²) in [6, 6.07) is 14.8. The Morgan fingerprint density at radius 2 is 1.85 bits per heavy atom. The molecule has 0 saturated heterocycles. The van der Waals surface area contributed by atoms with Crippen molar-refractivity contribution < 1.29 is 17.6 Å². The zero-order valence-electron chi connectivity index (χ0n) is 15.0. The lowest BCUT2D eigenvalue weighted by Crippen LogP contribution is -2.23. The minimum absolute atomic E-state index is 0.0214. The average molecular weight is 384 g/mol. The smallest absolute Gasteiger partial charge is 0.261 e. The highest BCUT2D eigenvalue weighted by Crippen LogP contribution is 2.21. The molecule has 1 amide bonds. The van der Waals surface area contributed by atoms with Crippen LogP contribution < -0.4 is 10.0 Å². The van der Waals surface area contributed by atoms with Gasteiger partial charge in [-0.15, -0.1) is 0 Å². The summed E-state index contributed by atoms with van der Waals surface area (Å²) < 4.78 is 33.1. The van der Waals surface area contributed by atoms with E-state index >= 15 is 0 Å². The SMILES string of the molecule is Cc1ccc(NS(=O)(=O)c2cccc(C(=O)NCc3ccco3)c2)c(C)c1. The van der Waals surface area contributed by atoms with E-state index in [0.29, 0.717) is 11.4 Å². The molecule has 0 radical (unpaired) electrons. The number of furan rings is 1. The summed E-state index contributed by atoms with van der Waals surface area (Å²) in [6.45, 7) is 4.00. The third-order valence-electron chi connectivity index (χ3n) is 4.04. The molecule has 1 aromatic heterocycles. The maximum atomic E-state index is 12.7. The Kier molecular flexibility index (Phi) is 5.32. The van der Waals surface area contributed by atoms with E-state index < -0.39 is 10.0 Å². The lowest BCUT2D eigenvalue weighted by atomic mass is 10.1. The van der Waals surface area contributed by atoms with Gasteiger partial charge in [0.2, 0.25) is 0 Å². The maximum absolute atomic E-state index is 12.7. The van der Waals surface area contributed by atoms with Crippen LogP contribution in [0, 0.1) is 13.8 Å². The number of rotatable bonds is 6. The third kappa shape index (κ3) is 4.57. The van der Waals surface area contributed by atoms with Crippen LogP contribution in [0.2, 0.25) is 0 Å². The molecule has 1 heterocycles. The number of aryl methyl sites for hydroxylation is 2. The van der Waals surface area contributed by atoms with Gasteiger partial charge in [-0.2, -0.15) is 0 Å². The highest BCUT2D eigenvalue weighted by molar-refractivity contribution is 7.92. The summed E-state index contributed by atoms with van der Waals surface area (Å²) in [5.41, 5.74) is 2.63. The molecule has 7 heteroatoms. The molecular formula is C20H20N2O4S. The van der Waals surface area contributed by atoms with Crippen LogP contribution in [0.5, 0.6) is 0 Å². The molecular weight excluding hydrogens is 364 g/mol. The largest absolute Gasteiger partial charge is 0.467 e. The summed E-state index contributed by atoms with van der Waals surface area (Å²) in [6.07, 6.45) is 1.52. The average Bonchev–Trinajstić information content (AvgIpc) is 3.16. The molecule has 0 aliphatic carbocycles. The van der Waals surface area contributed by atoms with E-state index in [1.54, 1.807) is 30.3 Å². The Bertz CT molecular complexity index is 1060. The Balaban J connectivity index is 1.78. The van der Waals surface area contributed by atoms with Gasteiger partial charge >= 0.3 is 0 Å². The lowest BCUT2D eigenvalue weighted by Gasteiger charge is -2.12. The number of carbonyl (C=O) groups excluding carboxylic acids is 1. The Morgan fingerprint density at radius 3 is 2.56 bits per heavy atom. The van der Waals surface area contributed by atoms with Crippen molar-refractivity contribution in [2.75, 3.05) is 4.72 Å². The third-order valence-corrected chi connectivity index (χ3v) is 5.40. The van der Waals surface area contributed by atoms with Crippen molar-refractivity contribution in [3.05, 3.63) is 83.3 Å². The summed E-state index contributed by atoms with van der Waals surface area (Å²) in [5.74, 6) is 0.235. The fourth-order valence-electron chi connectivity index (χ4n) is 2.62. The zero-order valence-corrected chi connectivity index (χ0v) is 15.8. The van der Waals surface area contributed by atoms with Crippen LogP contribution in [0.4, 0.5) is 5.69 Å². The lowest BCUT2D eigenvalue weighted by molar-refractivity contribution is 0.0948. The molecule has 0 fully saturated rings. The number of sulfonamides is 1. The van der Waals surface area contributed by atoms with Crippen molar-refractivity contribution in [1.82, 2.24) is 5.32 Å². The molecule has 6 nitrogen and oxygen atoms in total. The number of benzene rings is 2. The first-order valence-electron chi connectivity index (χ1n) is 8.36. The Labute approximate surface area is 158 Å². The molecule has 27 heavy (non-hydrogen) atoms. The monoisotopic (exact) mass is 384 g/mol. The van der Waals surface area contributed by atoms with Crippen molar-refractivity contribution in [3.8, 4) is 0 Å². The van der Waals surface area contributed by atoms with Crippen molar-refractivity contribution in [2.45, 2.75) is 25.3 Å². The van der Waals surface area contributed by atoms with Crippen molar-refractivity contribution in [2.24, 2.45) is 0 Å². The van der Waals surface area contributed by atoms with Gasteiger partial charge in [-0.3, -0.25) is 9.52 Å². The normalized spacial score (nSPS) is 11.2. The predicted octanol–water partition coefficient (Wildman–Crippen LogP) is 3.63. The van der Waals surface area contributed by atoms with Crippen LogP contribution in [0.1, 0.15) is 27.2 Å². The van der Waals surface area contributed by atoms with E-state index in [1.807, 2.05) is 26.0 Å². The molecule has 140 valence electrons. The first-order chi connectivity index (χ1) is 12.8. The minimum atomic E-state index is -3.81. The fourth-order valence-corrected chi connectivity index (χ4v) is 3.80. The standard InChI is InChI=1S/C20H20N2O4S/c1-14-8-9-19(15(2)11-14)22-27(24,25)18-7-3-5-16(12-18)20(23)21-13-17-6-4-10-26-17/h3-12,22H,13H2,1-2H3,(H,21,23). The molecule has 0 saturated carbocycles. The second-order valence-electron chi connectivity index (χ2n) is 6.21. The van der Waals surface area contributed by atoms with E-state index in [4.69, 9.17) is 4.42 Å². The van der Waals surface area contributed by atoms with Gasteiger partial charge in [0.1, 0.15) is 5.76 Å². The molecule has 0 aliphatic rings. The number of hydrogen-bond acceptors (Lipinski definition) is 4. The van der Waals surface area contributed by atoms with Crippen LogP contribution >= 0.6 is 0 Å². The van der Waals surface area contributed by atoms with Crippen LogP contribution in [0.3, 0.4) is 0 Å². The topological polar surface area (TPSA) is 88.4 Å². The molecule has 2 N–H and O–H groups in total. The van der Waals surface area contributed by atoms with Gasteiger partial charge in [0.15, 0.2) is 0 Å². The highest BCUT2D eigenvalue weighted by Gasteiger charge is 2.17. The first kappa shape index (κ1) is 18.7. The molecule has 2 aromatic carbocycles. The molecule has 3 rings (SSSR count). The van der Waals surface area contributed by atoms with Gasteiger partial charge in [-0.1, -0.05) is 23.8 Å². The van der Waals surface area contributed by atoms with Crippen LogP contribution in [0.25, 0.3) is 0 Å². The number of hydrogen-bond donors (Lipinski definition) is 2. The molecule has 0 aliphatic heterocycles. The van der Waals surface area contributed by atoms with E-state index in [9.17, 15) is 13.2 Å². The van der Waals surface area contributed by atoms with Crippen LogP contribution in [-0.4, -0.2) is 14.3 Å². The molecule has 0 atom stereocenters. The molecule has 0 bridgehead atoms. The van der Waals surface area contributed by atoms with Gasteiger partial charge in [-0.25, -0.2) is 8.42 Å². The summed E-state index contributed by atoms with van der Waals surface area (Å²) in [5, 5.41) is 2.70. The van der Waals surface area contributed by atoms with Crippen LogP contribution in [0.15, 0.2) is 70.2 Å². The van der Waals surface area contributed by atoms with Crippen LogP contribution in [-0.2, 0) is 16.6 Å². The van der Waals surface area contributed by atoms with Gasteiger partial charge < -0.3 is 9.73 Å². The molecule has 3 aromatic rings. The maximum Gasteiger partial charge on any atom is 0.261 e. The van der Waals surface area contributed by atoms with Gasteiger partial charge in [-0.05, 0) is 55.8 Å². The van der Waals surface area contributed by atoms with E-state index in [0.717, 1.165) is 11.1 Å². The summed E-state index contributed by atoms with van der Waals surface area (Å²) >= 11 is 0. The molecule has 0 spiro atoms. The quantitative estimate of drug-likeness (QED) is 0.679. The zero-order chi connectivity index (χ0) is 19.4.